The van der Waals surface area contributed by atoms with Gasteiger partial charge in [-0.05, 0) is 54.5 Å². The van der Waals surface area contributed by atoms with Crippen molar-refractivity contribution < 1.29 is 0 Å². The molecule has 0 saturated heterocycles. The predicted molar refractivity (Wildman–Crippen MR) is 78.3 cm³/mol. The predicted octanol–water partition coefficient (Wildman–Crippen LogP) is 3.19. The lowest BCUT2D eigenvalue weighted by molar-refractivity contribution is 0.652. The van der Waals surface area contributed by atoms with Crippen molar-refractivity contribution in [3.8, 4) is 12.3 Å². The SMILES string of the molecule is C#CCN(CC)c1ccc(C(C)NC)cc1Br. The number of benzene rings is 1. The zero-order chi connectivity index (χ0) is 12.8. The molecule has 0 aliphatic rings. The van der Waals surface area contributed by atoms with Gasteiger partial charge < -0.3 is 10.2 Å². The first kappa shape index (κ1) is 14.1. The summed E-state index contributed by atoms with van der Waals surface area (Å²) in [6, 6.07) is 6.76. The van der Waals surface area contributed by atoms with Crippen molar-refractivity contribution in [2.24, 2.45) is 0 Å². The Bertz CT molecular complexity index is 409. The molecule has 0 aromatic heterocycles. The van der Waals surface area contributed by atoms with Gasteiger partial charge in [-0.25, -0.2) is 0 Å². The third kappa shape index (κ3) is 3.49. The fourth-order valence-electron chi connectivity index (χ4n) is 1.69. The lowest BCUT2D eigenvalue weighted by Crippen LogP contribution is -2.23. The van der Waals surface area contributed by atoms with Gasteiger partial charge in [0.1, 0.15) is 0 Å². The van der Waals surface area contributed by atoms with E-state index in [1.54, 1.807) is 0 Å². The molecule has 0 aliphatic carbocycles. The van der Waals surface area contributed by atoms with Gasteiger partial charge in [0.05, 0.1) is 12.2 Å². The van der Waals surface area contributed by atoms with Crippen LogP contribution in [0.1, 0.15) is 25.5 Å². The molecular formula is C14H19BrN2. The Morgan fingerprint density at radius 3 is 2.71 bits per heavy atom. The van der Waals surface area contributed by atoms with Crippen molar-refractivity contribution in [3.05, 3.63) is 28.2 Å². The highest BCUT2D eigenvalue weighted by Crippen LogP contribution is 2.29. The minimum Gasteiger partial charge on any atom is -0.360 e. The molecule has 0 heterocycles. The Balaban J connectivity index is 3.00. The Hall–Kier alpha value is -0.980. The third-order valence-electron chi connectivity index (χ3n) is 2.91. The van der Waals surface area contributed by atoms with E-state index in [9.17, 15) is 0 Å². The summed E-state index contributed by atoms with van der Waals surface area (Å²) in [6.45, 7) is 5.79. The molecule has 1 atom stereocenters. The van der Waals surface area contributed by atoms with E-state index in [4.69, 9.17) is 6.42 Å². The molecule has 0 fully saturated rings. The van der Waals surface area contributed by atoms with Gasteiger partial charge in [0.15, 0.2) is 0 Å². The van der Waals surface area contributed by atoms with Crippen LogP contribution in [0.5, 0.6) is 0 Å². The van der Waals surface area contributed by atoms with Gasteiger partial charge in [0.2, 0.25) is 0 Å². The smallest absolute Gasteiger partial charge is 0.0791 e. The molecule has 0 radical (unpaired) electrons. The zero-order valence-corrected chi connectivity index (χ0v) is 12.2. The standard InChI is InChI=1S/C14H19BrN2/c1-5-9-17(6-2)14-8-7-12(10-13(14)15)11(3)16-4/h1,7-8,10-11,16H,6,9H2,2-4H3. The summed E-state index contributed by atoms with van der Waals surface area (Å²) in [6.07, 6.45) is 5.38. The largest absolute Gasteiger partial charge is 0.360 e. The second-order valence-corrected chi connectivity index (χ2v) is 4.79. The number of nitrogens with zero attached hydrogens (tertiary/aromatic N) is 1. The van der Waals surface area contributed by atoms with E-state index in [1.165, 1.54) is 5.56 Å². The summed E-state index contributed by atoms with van der Waals surface area (Å²) < 4.78 is 1.09. The molecule has 1 aromatic rings. The zero-order valence-electron chi connectivity index (χ0n) is 10.6. The summed E-state index contributed by atoms with van der Waals surface area (Å²) in [4.78, 5) is 2.16. The number of nitrogens with one attached hydrogen (secondary N) is 1. The first-order chi connectivity index (χ1) is 8.13. The van der Waals surface area contributed by atoms with Gasteiger partial charge in [-0.3, -0.25) is 0 Å². The van der Waals surface area contributed by atoms with Crippen LogP contribution in [-0.2, 0) is 0 Å². The van der Waals surface area contributed by atoms with Gasteiger partial charge in [0, 0.05) is 17.1 Å². The monoisotopic (exact) mass is 294 g/mol. The van der Waals surface area contributed by atoms with E-state index in [0.29, 0.717) is 12.6 Å². The minimum atomic E-state index is 0.350. The molecule has 0 bridgehead atoms. The molecule has 0 spiro atoms. The van der Waals surface area contributed by atoms with Crippen LogP contribution in [0.15, 0.2) is 22.7 Å². The quantitative estimate of drug-likeness (QED) is 0.839. The van der Waals surface area contributed by atoms with E-state index >= 15 is 0 Å². The number of terminal acetylenes is 1. The van der Waals surface area contributed by atoms with Crippen molar-refractivity contribution in [2.75, 3.05) is 25.0 Å². The maximum atomic E-state index is 5.38. The first-order valence-corrected chi connectivity index (χ1v) is 6.58. The first-order valence-electron chi connectivity index (χ1n) is 5.79. The molecule has 17 heavy (non-hydrogen) atoms. The molecule has 3 heteroatoms. The van der Waals surface area contributed by atoms with Crippen molar-refractivity contribution in [3.63, 3.8) is 0 Å². The van der Waals surface area contributed by atoms with Crippen molar-refractivity contribution in [2.45, 2.75) is 19.9 Å². The van der Waals surface area contributed by atoms with E-state index in [0.717, 1.165) is 16.7 Å². The second kappa shape index (κ2) is 6.68. The third-order valence-corrected chi connectivity index (χ3v) is 3.54. The van der Waals surface area contributed by atoms with Gasteiger partial charge in [0.25, 0.3) is 0 Å². The summed E-state index contributed by atoms with van der Waals surface area (Å²) in [5, 5.41) is 3.23. The Morgan fingerprint density at radius 1 is 1.53 bits per heavy atom. The molecule has 1 aromatic carbocycles. The number of hydrogen-bond donors (Lipinski definition) is 1. The van der Waals surface area contributed by atoms with Crippen LogP contribution < -0.4 is 10.2 Å². The highest BCUT2D eigenvalue weighted by molar-refractivity contribution is 9.10. The maximum Gasteiger partial charge on any atom is 0.0791 e. The van der Waals surface area contributed by atoms with Crippen LogP contribution in [0, 0.1) is 12.3 Å². The highest BCUT2D eigenvalue weighted by atomic mass is 79.9. The summed E-state index contributed by atoms with van der Waals surface area (Å²) in [5.41, 5.74) is 2.41. The average Bonchev–Trinajstić information content (AvgIpc) is 2.35. The number of rotatable bonds is 5. The molecule has 92 valence electrons. The van der Waals surface area contributed by atoms with Crippen LogP contribution in [-0.4, -0.2) is 20.1 Å². The van der Waals surface area contributed by atoms with Gasteiger partial charge >= 0.3 is 0 Å². The molecule has 0 amide bonds. The van der Waals surface area contributed by atoms with Gasteiger partial charge in [-0.2, -0.15) is 0 Å². The fourth-order valence-corrected chi connectivity index (χ4v) is 2.34. The number of halogens is 1. The number of anilines is 1. The fraction of sp³-hybridized carbons (Fsp3) is 0.429. The average molecular weight is 295 g/mol. The van der Waals surface area contributed by atoms with E-state index in [1.807, 2.05) is 7.05 Å². The molecule has 1 rings (SSSR count). The summed E-state index contributed by atoms with van der Waals surface area (Å²) in [7, 11) is 1.96. The van der Waals surface area contributed by atoms with E-state index in [2.05, 4.69) is 64.1 Å². The van der Waals surface area contributed by atoms with E-state index < -0.39 is 0 Å². The topological polar surface area (TPSA) is 15.3 Å². The summed E-state index contributed by atoms with van der Waals surface area (Å²) >= 11 is 3.62. The molecule has 1 unspecified atom stereocenters. The lowest BCUT2D eigenvalue weighted by Gasteiger charge is -2.23. The number of hydrogen-bond acceptors (Lipinski definition) is 2. The van der Waals surface area contributed by atoms with Crippen LogP contribution in [0.4, 0.5) is 5.69 Å². The Morgan fingerprint density at radius 2 is 2.24 bits per heavy atom. The molecule has 2 nitrogen and oxygen atoms in total. The van der Waals surface area contributed by atoms with Crippen molar-refractivity contribution in [1.82, 2.24) is 5.32 Å². The molecule has 0 aliphatic heterocycles. The van der Waals surface area contributed by atoms with Crippen molar-refractivity contribution >= 4 is 21.6 Å². The highest BCUT2D eigenvalue weighted by Gasteiger charge is 2.10. The summed E-state index contributed by atoms with van der Waals surface area (Å²) in [5.74, 6) is 2.69. The van der Waals surface area contributed by atoms with E-state index in [-0.39, 0.29) is 0 Å². The molecule has 0 saturated carbocycles. The Kier molecular flexibility index (Phi) is 5.54. The second-order valence-electron chi connectivity index (χ2n) is 3.94. The van der Waals surface area contributed by atoms with Crippen LogP contribution in [0.2, 0.25) is 0 Å². The minimum absolute atomic E-state index is 0.350. The Labute approximate surface area is 113 Å². The lowest BCUT2D eigenvalue weighted by atomic mass is 10.1. The van der Waals surface area contributed by atoms with Crippen LogP contribution in [0.25, 0.3) is 0 Å². The van der Waals surface area contributed by atoms with Crippen LogP contribution in [0.3, 0.4) is 0 Å². The molecule has 1 N–H and O–H groups in total. The normalized spacial score (nSPS) is 11.9. The van der Waals surface area contributed by atoms with Gasteiger partial charge in [-0.1, -0.05) is 12.0 Å². The molecular weight excluding hydrogens is 276 g/mol. The van der Waals surface area contributed by atoms with Crippen LogP contribution >= 0.6 is 15.9 Å². The van der Waals surface area contributed by atoms with Crippen molar-refractivity contribution in [1.29, 1.82) is 0 Å². The van der Waals surface area contributed by atoms with Gasteiger partial charge in [-0.15, -0.1) is 6.42 Å². The maximum absolute atomic E-state index is 5.38.